The summed E-state index contributed by atoms with van der Waals surface area (Å²) >= 11 is 5.69. The van der Waals surface area contributed by atoms with E-state index in [1.165, 1.54) is 18.2 Å². The number of anilines is 1. The second-order valence-electron chi connectivity index (χ2n) is 6.27. The average molecular weight is 350 g/mol. The maximum Gasteiger partial charge on any atom is 0.238 e. The van der Waals surface area contributed by atoms with Crippen LogP contribution < -0.4 is 11.1 Å². The highest BCUT2D eigenvalue weighted by Gasteiger charge is 2.33. The Hall–Kier alpha value is -0.880. The molecule has 1 aliphatic heterocycles. The summed E-state index contributed by atoms with van der Waals surface area (Å²) in [5.74, 6) is -0.634. The van der Waals surface area contributed by atoms with Gasteiger partial charge in [0.1, 0.15) is 5.82 Å². The van der Waals surface area contributed by atoms with Gasteiger partial charge in [0.2, 0.25) is 5.91 Å². The van der Waals surface area contributed by atoms with E-state index in [0.717, 1.165) is 19.5 Å². The smallest absolute Gasteiger partial charge is 0.238 e. The molecule has 4 nitrogen and oxygen atoms in total. The number of nitrogens with zero attached hydrogens (tertiary/aromatic N) is 1. The highest BCUT2D eigenvalue weighted by molar-refractivity contribution is 6.31. The molecule has 0 aromatic heterocycles. The predicted molar refractivity (Wildman–Crippen MR) is 90.1 cm³/mol. The van der Waals surface area contributed by atoms with E-state index in [1.54, 1.807) is 0 Å². The van der Waals surface area contributed by atoms with Crippen LogP contribution in [-0.4, -0.2) is 36.5 Å². The van der Waals surface area contributed by atoms with Crippen LogP contribution in [-0.2, 0) is 4.79 Å². The molecule has 0 bridgehead atoms. The third-order valence-corrected chi connectivity index (χ3v) is 4.25. The molecule has 1 fully saturated rings. The summed E-state index contributed by atoms with van der Waals surface area (Å²) in [6.45, 7) is 6.11. The maximum absolute atomic E-state index is 13.1. The van der Waals surface area contributed by atoms with Gasteiger partial charge in [0.25, 0.3) is 0 Å². The number of likely N-dealkylation sites (tertiary alicyclic amines) is 1. The number of nitrogens with one attached hydrogen (secondary N) is 1. The first-order valence-electron chi connectivity index (χ1n) is 7.01. The number of amides is 1. The van der Waals surface area contributed by atoms with Crippen molar-refractivity contribution in [3.8, 4) is 0 Å². The lowest BCUT2D eigenvalue weighted by Gasteiger charge is -2.42. The zero-order valence-electron chi connectivity index (χ0n) is 12.7. The Morgan fingerprint density at radius 3 is 2.82 bits per heavy atom. The summed E-state index contributed by atoms with van der Waals surface area (Å²) in [5, 5.41) is 2.73. The van der Waals surface area contributed by atoms with E-state index in [4.69, 9.17) is 17.3 Å². The highest BCUT2D eigenvalue weighted by Crippen LogP contribution is 2.27. The molecule has 0 radical (unpaired) electrons. The van der Waals surface area contributed by atoms with Gasteiger partial charge in [-0.1, -0.05) is 25.4 Å². The van der Waals surface area contributed by atoms with Crippen LogP contribution in [0.15, 0.2) is 18.2 Å². The van der Waals surface area contributed by atoms with Gasteiger partial charge in [0.05, 0.1) is 11.6 Å². The fourth-order valence-corrected chi connectivity index (χ4v) is 2.78. The van der Waals surface area contributed by atoms with Crippen molar-refractivity contribution < 1.29 is 9.18 Å². The van der Waals surface area contributed by atoms with Gasteiger partial charge in [-0.3, -0.25) is 9.69 Å². The minimum absolute atomic E-state index is 0. The third-order valence-electron chi connectivity index (χ3n) is 3.96. The largest absolute Gasteiger partial charge is 0.327 e. The zero-order chi connectivity index (χ0) is 15.6. The number of hydrogen-bond acceptors (Lipinski definition) is 3. The molecular formula is C15H22Cl2FN3O. The first-order valence-corrected chi connectivity index (χ1v) is 7.38. The van der Waals surface area contributed by atoms with Crippen LogP contribution in [0.1, 0.15) is 20.3 Å². The normalized spacial score (nSPS) is 21.0. The lowest BCUT2D eigenvalue weighted by Crippen LogP contribution is -2.53. The van der Waals surface area contributed by atoms with E-state index in [9.17, 15) is 9.18 Å². The Morgan fingerprint density at radius 1 is 1.55 bits per heavy atom. The summed E-state index contributed by atoms with van der Waals surface area (Å²) in [5.41, 5.74) is 6.58. The van der Waals surface area contributed by atoms with Gasteiger partial charge in [0, 0.05) is 24.8 Å². The molecule has 1 heterocycles. The Kier molecular flexibility index (Phi) is 6.62. The first kappa shape index (κ1) is 19.2. The molecular weight excluding hydrogens is 328 g/mol. The van der Waals surface area contributed by atoms with Crippen molar-refractivity contribution in [2.24, 2.45) is 11.1 Å². The van der Waals surface area contributed by atoms with Crippen molar-refractivity contribution in [1.82, 2.24) is 4.90 Å². The van der Waals surface area contributed by atoms with Crippen LogP contribution in [0.3, 0.4) is 0 Å². The first-order chi connectivity index (χ1) is 9.78. The highest BCUT2D eigenvalue weighted by atomic mass is 35.5. The fraction of sp³-hybridized carbons (Fsp3) is 0.533. The van der Waals surface area contributed by atoms with Crippen molar-refractivity contribution in [2.75, 3.05) is 25.0 Å². The van der Waals surface area contributed by atoms with Crippen molar-refractivity contribution in [3.05, 3.63) is 29.0 Å². The lowest BCUT2D eigenvalue weighted by molar-refractivity contribution is -0.118. The molecule has 0 saturated carbocycles. The Balaban J connectivity index is 0.00000242. The van der Waals surface area contributed by atoms with E-state index < -0.39 is 5.82 Å². The molecule has 2 rings (SSSR count). The molecule has 1 aromatic carbocycles. The second-order valence-corrected chi connectivity index (χ2v) is 6.68. The van der Waals surface area contributed by atoms with Crippen molar-refractivity contribution in [1.29, 1.82) is 0 Å². The molecule has 1 saturated heterocycles. The lowest BCUT2D eigenvalue weighted by atomic mass is 9.80. The molecule has 0 aliphatic carbocycles. The van der Waals surface area contributed by atoms with Gasteiger partial charge in [-0.15, -0.1) is 12.4 Å². The molecule has 1 unspecified atom stereocenters. The average Bonchev–Trinajstić information content (AvgIpc) is 2.38. The number of halogens is 3. The van der Waals surface area contributed by atoms with Gasteiger partial charge in [-0.05, 0) is 30.0 Å². The summed E-state index contributed by atoms with van der Waals surface area (Å²) in [6, 6.07) is 4.30. The van der Waals surface area contributed by atoms with Gasteiger partial charge in [-0.25, -0.2) is 4.39 Å². The van der Waals surface area contributed by atoms with Crippen molar-refractivity contribution in [2.45, 2.75) is 26.3 Å². The van der Waals surface area contributed by atoms with E-state index >= 15 is 0 Å². The SMILES string of the molecule is CC1(C)CN(CC(=O)Nc2ccc(F)c(Cl)c2)CCC1N.Cl. The van der Waals surface area contributed by atoms with Crippen LogP contribution >= 0.6 is 24.0 Å². The number of piperidine rings is 1. The zero-order valence-corrected chi connectivity index (χ0v) is 14.3. The van der Waals surface area contributed by atoms with Crippen LogP contribution in [0.5, 0.6) is 0 Å². The Bertz CT molecular complexity index is 540. The monoisotopic (exact) mass is 349 g/mol. The molecule has 3 N–H and O–H groups in total. The predicted octanol–water partition coefficient (Wildman–Crippen LogP) is 2.90. The summed E-state index contributed by atoms with van der Waals surface area (Å²) < 4.78 is 13.1. The molecule has 22 heavy (non-hydrogen) atoms. The fourth-order valence-electron chi connectivity index (χ4n) is 2.60. The van der Waals surface area contributed by atoms with Crippen LogP contribution in [0.4, 0.5) is 10.1 Å². The van der Waals surface area contributed by atoms with Crippen molar-refractivity contribution in [3.63, 3.8) is 0 Å². The third kappa shape index (κ3) is 4.81. The standard InChI is InChI=1S/C15H21ClFN3O.ClH/c1-15(2)9-20(6-5-13(15)18)8-14(21)19-10-3-4-12(17)11(16)7-10;/h3-4,7,13H,5-6,8-9,18H2,1-2H3,(H,19,21);1H. The molecule has 1 aliphatic rings. The van der Waals surface area contributed by atoms with Gasteiger partial charge in [-0.2, -0.15) is 0 Å². The van der Waals surface area contributed by atoms with E-state index in [1.807, 2.05) is 0 Å². The molecule has 1 aromatic rings. The number of nitrogens with two attached hydrogens (primary N) is 1. The van der Waals surface area contributed by atoms with Gasteiger partial charge < -0.3 is 11.1 Å². The number of carbonyl (C=O) groups excluding carboxylic acids is 1. The van der Waals surface area contributed by atoms with Crippen LogP contribution in [0.2, 0.25) is 5.02 Å². The Labute approximate surface area is 141 Å². The van der Waals surface area contributed by atoms with Gasteiger partial charge in [0.15, 0.2) is 0 Å². The number of carbonyl (C=O) groups is 1. The van der Waals surface area contributed by atoms with E-state index in [-0.39, 0.29) is 34.8 Å². The topological polar surface area (TPSA) is 58.4 Å². The summed E-state index contributed by atoms with van der Waals surface area (Å²) in [7, 11) is 0. The number of rotatable bonds is 3. The van der Waals surface area contributed by atoms with Crippen LogP contribution in [0.25, 0.3) is 0 Å². The summed E-state index contributed by atoms with van der Waals surface area (Å²) in [4.78, 5) is 14.1. The minimum atomic E-state index is -0.499. The van der Waals surface area contributed by atoms with Gasteiger partial charge >= 0.3 is 0 Å². The van der Waals surface area contributed by atoms with Crippen molar-refractivity contribution >= 4 is 35.6 Å². The van der Waals surface area contributed by atoms with E-state index in [2.05, 4.69) is 24.1 Å². The molecule has 7 heteroatoms. The Morgan fingerprint density at radius 2 is 2.23 bits per heavy atom. The molecule has 0 spiro atoms. The number of hydrogen-bond donors (Lipinski definition) is 2. The molecule has 124 valence electrons. The van der Waals surface area contributed by atoms with E-state index in [0.29, 0.717) is 12.2 Å². The quantitative estimate of drug-likeness (QED) is 0.881. The molecule has 1 amide bonds. The van der Waals surface area contributed by atoms with Crippen LogP contribution in [0, 0.1) is 11.2 Å². The number of benzene rings is 1. The summed E-state index contributed by atoms with van der Waals surface area (Å²) in [6.07, 6.45) is 0.878. The minimum Gasteiger partial charge on any atom is -0.327 e. The second kappa shape index (κ2) is 7.59. The maximum atomic E-state index is 13.1. The molecule has 1 atom stereocenters.